The minimum absolute atomic E-state index is 0.0129. The van der Waals surface area contributed by atoms with Gasteiger partial charge in [0.15, 0.2) is 0 Å². The van der Waals surface area contributed by atoms with Crippen LogP contribution in [0.3, 0.4) is 0 Å². The van der Waals surface area contributed by atoms with Gasteiger partial charge in [-0.2, -0.15) is 13.2 Å². The Labute approximate surface area is 77.1 Å². The Morgan fingerprint density at radius 1 is 1.21 bits per heavy atom. The summed E-state index contributed by atoms with van der Waals surface area (Å²) in [6.07, 6.45) is -3.13. The van der Waals surface area contributed by atoms with Crippen LogP contribution in [-0.4, -0.2) is 6.21 Å². The second-order valence-electron chi connectivity index (χ2n) is 2.97. The van der Waals surface area contributed by atoms with Gasteiger partial charge in [0.25, 0.3) is 0 Å². The predicted molar refractivity (Wildman–Crippen MR) is 42.6 cm³/mol. The molecule has 2 rings (SSSR count). The largest absolute Gasteiger partial charge is 0.416 e. The summed E-state index contributed by atoms with van der Waals surface area (Å²) in [7, 11) is 0. The van der Waals surface area contributed by atoms with Crippen LogP contribution in [0.2, 0.25) is 0 Å². The summed E-state index contributed by atoms with van der Waals surface area (Å²) in [5.74, 6) is -0.887. The number of hydrogen-bond donors (Lipinski definition) is 0. The molecule has 0 amide bonds. The van der Waals surface area contributed by atoms with Crippen LogP contribution >= 0.6 is 0 Å². The van der Waals surface area contributed by atoms with E-state index < -0.39 is 23.6 Å². The zero-order valence-electron chi connectivity index (χ0n) is 6.85. The van der Waals surface area contributed by atoms with Crippen LogP contribution < -0.4 is 0 Å². The highest BCUT2D eigenvalue weighted by Gasteiger charge is 2.36. The lowest BCUT2D eigenvalue weighted by Gasteiger charge is -2.11. The summed E-state index contributed by atoms with van der Waals surface area (Å²) in [5.41, 5.74) is -0.932. The molecule has 0 aliphatic carbocycles. The molecule has 0 bridgehead atoms. The molecule has 0 saturated heterocycles. The van der Waals surface area contributed by atoms with E-state index in [0.717, 1.165) is 12.1 Å². The van der Waals surface area contributed by atoms with Crippen LogP contribution in [0.5, 0.6) is 0 Å². The van der Waals surface area contributed by atoms with E-state index in [-0.39, 0.29) is 5.56 Å². The fourth-order valence-corrected chi connectivity index (χ4v) is 1.24. The van der Waals surface area contributed by atoms with E-state index in [0.29, 0.717) is 6.07 Å². The Hall–Kier alpha value is -1.39. The Balaban J connectivity index is 2.48. The maximum atomic E-state index is 12.6. The van der Waals surface area contributed by atoms with Gasteiger partial charge in [-0.3, -0.25) is 4.99 Å². The van der Waals surface area contributed by atoms with E-state index in [1.807, 2.05) is 0 Å². The van der Waals surface area contributed by atoms with Crippen molar-refractivity contribution < 1.29 is 17.6 Å². The van der Waals surface area contributed by atoms with Gasteiger partial charge in [0.05, 0.1) is 5.56 Å². The fourth-order valence-electron chi connectivity index (χ4n) is 1.24. The lowest BCUT2D eigenvalue weighted by molar-refractivity contribution is -0.138. The van der Waals surface area contributed by atoms with Gasteiger partial charge in [0.2, 0.25) is 0 Å². The lowest BCUT2D eigenvalue weighted by Crippen LogP contribution is -2.09. The average molecular weight is 203 g/mol. The van der Waals surface area contributed by atoms with Crippen molar-refractivity contribution in [3.05, 3.63) is 35.1 Å². The van der Waals surface area contributed by atoms with Gasteiger partial charge >= 0.3 is 6.18 Å². The van der Waals surface area contributed by atoms with Crippen LogP contribution in [-0.2, 0) is 6.18 Å². The van der Waals surface area contributed by atoms with E-state index in [1.54, 1.807) is 0 Å². The van der Waals surface area contributed by atoms with Gasteiger partial charge in [-0.25, -0.2) is 4.39 Å². The summed E-state index contributed by atoms with van der Waals surface area (Å²) >= 11 is 0. The van der Waals surface area contributed by atoms with Gasteiger partial charge in [-0.05, 0) is 17.7 Å². The highest BCUT2D eigenvalue weighted by Crippen LogP contribution is 2.38. The number of nitrogens with zero attached hydrogens (tertiary/aromatic N) is 1. The number of hydrogen-bond acceptors (Lipinski definition) is 1. The Bertz CT molecular complexity index is 388. The van der Waals surface area contributed by atoms with Gasteiger partial charge in [-0.15, -0.1) is 0 Å². The summed E-state index contributed by atoms with van der Waals surface area (Å²) in [6, 6.07) is 2.10. The monoisotopic (exact) mass is 203 g/mol. The SMILES string of the molecule is Fc1ccc(C2C=N2)c(C(F)(F)F)c1. The van der Waals surface area contributed by atoms with E-state index in [1.165, 1.54) is 6.21 Å². The maximum absolute atomic E-state index is 12.6. The second kappa shape index (κ2) is 2.80. The van der Waals surface area contributed by atoms with Crippen molar-refractivity contribution in [1.82, 2.24) is 0 Å². The molecule has 1 heterocycles. The lowest BCUT2D eigenvalue weighted by atomic mass is 10.0. The second-order valence-corrected chi connectivity index (χ2v) is 2.97. The molecular weight excluding hydrogens is 198 g/mol. The minimum atomic E-state index is -4.52. The zero-order valence-corrected chi connectivity index (χ0v) is 6.85. The van der Waals surface area contributed by atoms with E-state index >= 15 is 0 Å². The molecule has 1 nitrogen and oxygen atoms in total. The average Bonchev–Trinajstić information content (AvgIpc) is 2.85. The highest BCUT2D eigenvalue weighted by molar-refractivity contribution is 5.80. The molecule has 1 aliphatic heterocycles. The molecule has 0 aromatic heterocycles. The first-order valence-electron chi connectivity index (χ1n) is 3.88. The molecule has 5 heteroatoms. The summed E-state index contributed by atoms with van der Waals surface area (Å²) in [5, 5.41) is 0. The zero-order chi connectivity index (χ0) is 10.3. The van der Waals surface area contributed by atoms with Crippen LogP contribution in [0.25, 0.3) is 0 Å². The summed E-state index contributed by atoms with van der Waals surface area (Å²) in [4.78, 5) is 3.63. The number of halogens is 4. The predicted octanol–water partition coefficient (Wildman–Crippen LogP) is 2.97. The molecule has 1 aliphatic rings. The van der Waals surface area contributed by atoms with Crippen LogP contribution in [0.1, 0.15) is 17.2 Å². The van der Waals surface area contributed by atoms with Gasteiger partial charge in [-0.1, -0.05) is 6.07 Å². The third kappa shape index (κ3) is 1.62. The summed E-state index contributed by atoms with van der Waals surface area (Å²) in [6.45, 7) is 0. The molecule has 0 N–H and O–H groups in total. The Kier molecular flexibility index (Phi) is 1.83. The molecule has 0 radical (unpaired) electrons. The number of benzene rings is 1. The third-order valence-electron chi connectivity index (χ3n) is 1.94. The maximum Gasteiger partial charge on any atom is 0.416 e. The third-order valence-corrected chi connectivity index (χ3v) is 1.94. The standard InChI is InChI=1S/C9H5F4N/c10-5-1-2-6(8-4-14-8)7(3-5)9(11,12)13/h1-4,8H. The molecular formula is C9H5F4N. The first-order valence-corrected chi connectivity index (χ1v) is 3.88. The molecule has 1 atom stereocenters. The minimum Gasteiger partial charge on any atom is -0.281 e. The van der Waals surface area contributed by atoms with Gasteiger partial charge < -0.3 is 0 Å². The normalized spacial score (nSPS) is 19.9. The van der Waals surface area contributed by atoms with E-state index in [9.17, 15) is 17.6 Å². The first kappa shape index (κ1) is 9.18. The van der Waals surface area contributed by atoms with Crippen molar-refractivity contribution in [2.75, 3.05) is 0 Å². The van der Waals surface area contributed by atoms with Crippen molar-refractivity contribution in [3.63, 3.8) is 0 Å². The van der Waals surface area contributed by atoms with Gasteiger partial charge in [0.1, 0.15) is 11.9 Å². The molecule has 0 saturated carbocycles. The molecule has 1 aromatic rings. The van der Waals surface area contributed by atoms with Crippen LogP contribution in [0.15, 0.2) is 23.2 Å². The van der Waals surface area contributed by atoms with Crippen molar-refractivity contribution in [2.24, 2.45) is 4.99 Å². The molecule has 0 spiro atoms. The first-order chi connectivity index (χ1) is 6.48. The van der Waals surface area contributed by atoms with Crippen molar-refractivity contribution in [1.29, 1.82) is 0 Å². The van der Waals surface area contributed by atoms with E-state index in [4.69, 9.17) is 0 Å². The quantitative estimate of drug-likeness (QED) is 0.622. The molecule has 14 heavy (non-hydrogen) atoms. The number of aliphatic imine (C=N–C) groups is 1. The van der Waals surface area contributed by atoms with Crippen molar-refractivity contribution in [2.45, 2.75) is 12.2 Å². The van der Waals surface area contributed by atoms with Crippen LogP contribution in [0.4, 0.5) is 17.6 Å². The topological polar surface area (TPSA) is 12.4 Å². The molecule has 1 unspecified atom stereocenters. The molecule has 1 aromatic carbocycles. The van der Waals surface area contributed by atoms with Crippen molar-refractivity contribution >= 4 is 6.21 Å². The Morgan fingerprint density at radius 2 is 1.86 bits per heavy atom. The molecule has 74 valence electrons. The van der Waals surface area contributed by atoms with Crippen LogP contribution in [0, 0.1) is 5.82 Å². The smallest absolute Gasteiger partial charge is 0.281 e. The number of rotatable bonds is 1. The summed E-state index contributed by atoms with van der Waals surface area (Å²) < 4.78 is 49.8. The fraction of sp³-hybridized carbons (Fsp3) is 0.222. The van der Waals surface area contributed by atoms with E-state index in [2.05, 4.69) is 4.99 Å². The van der Waals surface area contributed by atoms with Crippen molar-refractivity contribution in [3.8, 4) is 0 Å². The van der Waals surface area contributed by atoms with Gasteiger partial charge in [0, 0.05) is 6.21 Å². The highest BCUT2D eigenvalue weighted by atomic mass is 19.4. The Morgan fingerprint density at radius 3 is 2.36 bits per heavy atom. The molecule has 0 fully saturated rings. The number of alkyl halides is 3.